The third-order valence-corrected chi connectivity index (χ3v) is 4.36. The van der Waals surface area contributed by atoms with Gasteiger partial charge in [0.15, 0.2) is 5.76 Å². The van der Waals surface area contributed by atoms with Gasteiger partial charge in [-0.05, 0) is 49.2 Å². The van der Waals surface area contributed by atoms with Crippen LogP contribution in [-0.4, -0.2) is 17.9 Å². The Bertz CT molecular complexity index is 745. The van der Waals surface area contributed by atoms with Crippen LogP contribution in [0.25, 0.3) is 0 Å². The van der Waals surface area contributed by atoms with E-state index in [1.165, 1.54) is 26.2 Å². The van der Waals surface area contributed by atoms with E-state index in [4.69, 9.17) is 9.15 Å². The van der Waals surface area contributed by atoms with Crippen LogP contribution in [0.1, 0.15) is 55.3 Å². The van der Waals surface area contributed by atoms with E-state index in [2.05, 4.69) is 10.6 Å². The first-order chi connectivity index (χ1) is 12.6. The number of anilines is 2. The van der Waals surface area contributed by atoms with Gasteiger partial charge in [0, 0.05) is 18.3 Å². The maximum absolute atomic E-state index is 12.3. The Kier molecular flexibility index (Phi) is 6.07. The molecule has 1 fully saturated rings. The summed E-state index contributed by atoms with van der Waals surface area (Å²) < 4.78 is 11.5. The van der Waals surface area contributed by atoms with Crippen LogP contribution in [0.15, 0.2) is 40.8 Å². The summed E-state index contributed by atoms with van der Waals surface area (Å²) in [4.78, 5) is 23.3. The van der Waals surface area contributed by atoms with Crippen LogP contribution in [0.2, 0.25) is 0 Å². The minimum atomic E-state index is -0.318. The van der Waals surface area contributed by atoms with E-state index in [1.807, 2.05) is 0 Å². The summed E-state index contributed by atoms with van der Waals surface area (Å²) in [6, 6.07) is 10.3. The number of carbonyl (C=O) groups is 2. The number of benzene rings is 1. The van der Waals surface area contributed by atoms with Gasteiger partial charge in [-0.3, -0.25) is 9.59 Å². The van der Waals surface area contributed by atoms with Gasteiger partial charge in [-0.25, -0.2) is 0 Å². The Labute approximate surface area is 152 Å². The Hall–Kier alpha value is -2.60. The molecular weight excluding hydrogens is 332 g/mol. The average Bonchev–Trinajstić information content (AvgIpc) is 3.11. The highest BCUT2D eigenvalue weighted by Gasteiger charge is 2.16. The van der Waals surface area contributed by atoms with Crippen molar-refractivity contribution in [2.75, 3.05) is 10.6 Å². The van der Waals surface area contributed by atoms with E-state index in [0.717, 1.165) is 12.8 Å². The molecule has 0 bridgehead atoms. The summed E-state index contributed by atoms with van der Waals surface area (Å²) in [5, 5.41) is 5.45. The van der Waals surface area contributed by atoms with Gasteiger partial charge in [-0.2, -0.15) is 0 Å². The molecule has 6 heteroatoms. The van der Waals surface area contributed by atoms with Crippen molar-refractivity contribution in [1.82, 2.24) is 0 Å². The van der Waals surface area contributed by atoms with Gasteiger partial charge in [0.1, 0.15) is 12.4 Å². The molecule has 1 aromatic carbocycles. The van der Waals surface area contributed by atoms with E-state index in [9.17, 15) is 9.59 Å². The molecular formula is C20H24N2O4. The lowest BCUT2D eigenvalue weighted by molar-refractivity contribution is -0.114. The highest BCUT2D eigenvalue weighted by Crippen LogP contribution is 2.22. The van der Waals surface area contributed by atoms with Crippen LogP contribution in [0.4, 0.5) is 11.4 Å². The van der Waals surface area contributed by atoms with Crippen molar-refractivity contribution < 1.29 is 18.7 Å². The number of hydrogen-bond acceptors (Lipinski definition) is 4. The summed E-state index contributed by atoms with van der Waals surface area (Å²) >= 11 is 0. The van der Waals surface area contributed by atoms with Gasteiger partial charge in [-0.1, -0.05) is 19.3 Å². The van der Waals surface area contributed by atoms with Gasteiger partial charge < -0.3 is 19.8 Å². The maximum Gasteiger partial charge on any atom is 0.291 e. The molecule has 0 spiro atoms. The molecule has 6 nitrogen and oxygen atoms in total. The van der Waals surface area contributed by atoms with E-state index in [0.29, 0.717) is 29.8 Å². The number of hydrogen-bond donors (Lipinski definition) is 2. The van der Waals surface area contributed by atoms with Crippen molar-refractivity contribution >= 4 is 23.2 Å². The summed E-state index contributed by atoms with van der Waals surface area (Å²) in [6.45, 7) is 1.84. The summed E-state index contributed by atoms with van der Waals surface area (Å²) in [7, 11) is 0. The molecule has 1 aliphatic carbocycles. The fourth-order valence-corrected chi connectivity index (χ4v) is 3.04. The minimum Gasteiger partial charge on any atom is -0.453 e. The van der Waals surface area contributed by atoms with Crippen molar-refractivity contribution in [2.24, 2.45) is 0 Å². The number of amides is 2. The van der Waals surface area contributed by atoms with Gasteiger partial charge in [-0.15, -0.1) is 0 Å². The Balaban J connectivity index is 1.51. The third kappa shape index (κ3) is 5.20. The third-order valence-electron chi connectivity index (χ3n) is 4.36. The average molecular weight is 356 g/mol. The molecule has 0 aliphatic heterocycles. The molecule has 1 heterocycles. The van der Waals surface area contributed by atoms with Gasteiger partial charge in [0.05, 0.1) is 6.10 Å². The molecule has 0 atom stereocenters. The molecule has 1 aliphatic rings. The molecule has 2 aromatic rings. The Morgan fingerprint density at radius 3 is 2.31 bits per heavy atom. The van der Waals surface area contributed by atoms with Crippen LogP contribution in [0, 0.1) is 0 Å². The first-order valence-corrected chi connectivity index (χ1v) is 8.99. The lowest BCUT2D eigenvalue weighted by Crippen LogP contribution is -2.16. The van der Waals surface area contributed by atoms with E-state index < -0.39 is 0 Å². The van der Waals surface area contributed by atoms with Crippen LogP contribution in [-0.2, 0) is 16.1 Å². The fourth-order valence-electron chi connectivity index (χ4n) is 3.04. The molecule has 0 radical (unpaired) electrons. The van der Waals surface area contributed by atoms with Crippen LogP contribution in [0.5, 0.6) is 0 Å². The highest BCUT2D eigenvalue weighted by molar-refractivity contribution is 6.02. The molecule has 3 rings (SSSR count). The predicted molar refractivity (Wildman–Crippen MR) is 99.1 cm³/mol. The van der Waals surface area contributed by atoms with Gasteiger partial charge in [0.2, 0.25) is 5.91 Å². The second kappa shape index (κ2) is 8.67. The largest absolute Gasteiger partial charge is 0.453 e. The second-order valence-electron chi connectivity index (χ2n) is 6.55. The molecule has 0 saturated heterocycles. The second-order valence-corrected chi connectivity index (χ2v) is 6.55. The lowest BCUT2D eigenvalue weighted by atomic mass is 9.98. The zero-order valence-corrected chi connectivity index (χ0v) is 14.9. The monoisotopic (exact) mass is 356 g/mol. The van der Waals surface area contributed by atoms with E-state index in [-0.39, 0.29) is 17.6 Å². The first-order valence-electron chi connectivity index (χ1n) is 8.99. The zero-order chi connectivity index (χ0) is 18.4. The Morgan fingerprint density at radius 1 is 1.00 bits per heavy atom. The Morgan fingerprint density at radius 2 is 1.65 bits per heavy atom. The standard InChI is InChI=1S/C20H24N2O4/c1-14(23)21-15-7-9-16(10-8-15)22-20(24)19-12-11-18(26-19)13-25-17-5-3-2-4-6-17/h7-12,17H,2-6,13H2,1H3,(H,21,23)(H,22,24). The molecule has 1 aromatic heterocycles. The molecule has 138 valence electrons. The SMILES string of the molecule is CC(=O)Nc1ccc(NC(=O)c2ccc(COC3CCCCC3)o2)cc1. The fraction of sp³-hybridized carbons (Fsp3) is 0.400. The zero-order valence-electron chi connectivity index (χ0n) is 14.9. The first kappa shape index (κ1) is 18.2. The van der Waals surface area contributed by atoms with Crippen LogP contribution < -0.4 is 10.6 Å². The van der Waals surface area contributed by atoms with Crippen molar-refractivity contribution in [1.29, 1.82) is 0 Å². The molecule has 0 unspecified atom stereocenters. The van der Waals surface area contributed by atoms with Gasteiger partial charge >= 0.3 is 0 Å². The normalized spacial score (nSPS) is 14.8. The molecule has 26 heavy (non-hydrogen) atoms. The number of carbonyl (C=O) groups excluding carboxylic acids is 2. The smallest absolute Gasteiger partial charge is 0.291 e. The van der Waals surface area contributed by atoms with Crippen molar-refractivity contribution in [3.05, 3.63) is 47.9 Å². The van der Waals surface area contributed by atoms with Crippen LogP contribution in [0.3, 0.4) is 0 Å². The van der Waals surface area contributed by atoms with Crippen molar-refractivity contribution in [3.63, 3.8) is 0 Å². The van der Waals surface area contributed by atoms with E-state index in [1.54, 1.807) is 36.4 Å². The van der Waals surface area contributed by atoms with E-state index >= 15 is 0 Å². The topological polar surface area (TPSA) is 80.6 Å². The molecule has 2 amide bonds. The van der Waals surface area contributed by atoms with Crippen LogP contribution >= 0.6 is 0 Å². The number of ether oxygens (including phenoxy) is 1. The maximum atomic E-state index is 12.3. The number of furan rings is 1. The summed E-state index contributed by atoms with van der Waals surface area (Å²) in [6.07, 6.45) is 6.23. The number of nitrogens with one attached hydrogen (secondary N) is 2. The van der Waals surface area contributed by atoms with Gasteiger partial charge in [0.25, 0.3) is 5.91 Å². The molecule has 2 N–H and O–H groups in total. The summed E-state index contributed by atoms with van der Waals surface area (Å²) in [5.41, 5.74) is 1.30. The summed E-state index contributed by atoms with van der Waals surface area (Å²) in [5.74, 6) is 0.446. The quantitative estimate of drug-likeness (QED) is 0.807. The minimum absolute atomic E-state index is 0.139. The lowest BCUT2D eigenvalue weighted by Gasteiger charge is -2.21. The molecule has 1 saturated carbocycles. The number of rotatable bonds is 6. The van der Waals surface area contributed by atoms with Crippen molar-refractivity contribution in [3.8, 4) is 0 Å². The van der Waals surface area contributed by atoms with Crippen molar-refractivity contribution in [2.45, 2.75) is 51.7 Å². The predicted octanol–water partition coefficient (Wildman–Crippen LogP) is 4.34. The highest BCUT2D eigenvalue weighted by atomic mass is 16.5.